The monoisotopic (exact) mass is 532 g/mol. The average molecular weight is 533 g/mol. The summed E-state index contributed by atoms with van der Waals surface area (Å²) in [5.41, 5.74) is 1.63. The highest BCUT2D eigenvalue weighted by atomic mass is 32.2. The Hall–Kier alpha value is -3.81. The van der Waals surface area contributed by atoms with E-state index in [2.05, 4.69) is 15.6 Å². The fraction of sp³-hybridized carbons (Fsp3) is 0.217. The molecule has 0 spiro atoms. The topological polar surface area (TPSA) is 157 Å². The fourth-order valence-electron chi connectivity index (χ4n) is 2.99. The molecule has 0 saturated heterocycles. The van der Waals surface area contributed by atoms with Gasteiger partial charge in [0.1, 0.15) is 6.04 Å². The van der Waals surface area contributed by atoms with Crippen LogP contribution in [0.5, 0.6) is 0 Å². The summed E-state index contributed by atoms with van der Waals surface area (Å²) >= 11 is 1.23. The Morgan fingerprint density at radius 2 is 1.97 bits per heavy atom. The molecule has 2 aromatic heterocycles. The van der Waals surface area contributed by atoms with Gasteiger partial charge in [0.2, 0.25) is 15.9 Å². The van der Waals surface area contributed by atoms with Crippen LogP contribution in [-0.2, 0) is 24.3 Å². The maximum atomic E-state index is 13.0. The number of nitrogens with one attached hydrogen (secondary N) is 2. The summed E-state index contributed by atoms with van der Waals surface area (Å²) in [5.74, 6) is -2.29. The SMILES string of the molecule is CS(=O)(=O)n1ccc(C(=O)N[C@@H](CCOCC=CC(=O)O)C(=O)Nc2nc(-c3ccccc3)cs2)c1. The Bertz CT molecular complexity index is 1350. The number of benzene rings is 1. The number of aliphatic carboxylic acids is 1. The average Bonchev–Trinajstić information content (AvgIpc) is 3.51. The smallest absolute Gasteiger partial charge is 0.328 e. The van der Waals surface area contributed by atoms with Gasteiger partial charge in [0, 0.05) is 36.0 Å². The molecule has 1 atom stereocenters. The van der Waals surface area contributed by atoms with Crippen LogP contribution in [0.4, 0.5) is 5.13 Å². The van der Waals surface area contributed by atoms with Crippen molar-refractivity contribution in [3.63, 3.8) is 0 Å². The molecule has 3 N–H and O–H groups in total. The van der Waals surface area contributed by atoms with Gasteiger partial charge in [-0.25, -0.2) is 18.2 Å². The van der Waals surface area contributed by atoms with Gasteiger partial charge >= 0.3 is 5.97 Å². The van der Waals surface area contributed by atoms with E-state index in [0.29, 0.717) is 10.8 Å². The van der Waals surface area contributed by atoms with Gasteiger partial charge in [0.15, 0.2) is 5.13 Å². The second kappa shape index (κ2) is 12.2. The summed E-state index contributed by atoms with van der Waals surface area (Å²) in [6.45, 7) is 0.0541. The molecule has 0 saturated carbocycles. The first-order valence-electron chi connectivity index (χ1n) is 10.6. The summed E-state index contributed by atoms with van der Waals surface area (Å²) in [6, 6.07) is 9.71. The zero-order valence-electron chi connectivity index (χ0n) is 19.2. The predicted molar refractivity (Wildman–Crippen MR) is 134 cm³/mol. The van der Waals surface area contributed by atoms with Gasteiger partial charge in [0.25, 0.3) is 5.91 Å². The van der Waals surface area contributed by atoms with Crippen LogP contribution in [0.3, 0.4) is 0 Å². The molecule has 11 nitrogen and oxygen atoms in total. The first kappa shape index (κ1) is 26.8. The molecule has 3 rings (SSSR count). The number of carbonyl (C=O) groups is 3. The van der Waals surface area contributed by atoms with Crippen LogP contribution >= 0.6 is 11.3 Å². The van der Waals surface area contributed by atoms with Crippen molar-refractivity contribution in [2.45, 2.75) is 12.5 Å². The maximum Gasteiger partial charge on any atom is 0.328 e. The minimum absolute atomic E-state index is 0.0126. The van der Waals surface area contributed by atoms with Crippen molar-refractivity contribution in [1.82, 2.24) is 14.3 Å². The van der Waals surface area contributed by atoms with Gasteiger partial charge in [-0.05, 0) is 12.5 Å². The maximum absolute atomic E-state index is 13.0. The Morgan fingerprint density at radius 1 is 1.22 bits per heavy atom. The summed E-state index contributed by atoms with van der Waals surface area (Å²) in [7, 11) is -3.57. The van der Waals surface area contributed by atoms with Crippen molar-refractivity contribution >= 4 is 44.3 Å². The number of nitrogens with zero attached hydrogens (tertiary/aromatic N) is 2. The number of carbonyl (C=O) groups excluding carboxylic acids is 2. The van der Waals surface area contributed by atoms with Crippen LogP contribution in [0.1, 0.15) is 16.8 Å². The number of hydrogen-bond donors (Lipinski definition) is 3. The van der Waals surface area contributed by atoms with E-state index >= 15 is 0 Å². The molecule has 1 aromatic carbocycles. The highest BCUT2D eigenvalue weighted by Gasteiger charge is 2.23. The molecule has 36 heavy (non-hydrogen) atoms. The van der Waals surface area contributed by atoms with Crippen LogP contribution in [-0.4, -0.2) is 65.8 Å². The molecule has 0 aliphatic carbocycles. The van der Waals surface area contributed by atoms with E-state index in [0.717, 1.165) is 28.1 Å². The quantitative estimate of drug-likeness (QED) is 0.237. The van der Waals surface area contributed by atoms with Crippen molar-refractivity contribution in [2.24, 2.45) is 0 Å². The van der Waals surface area contributed by atoms with Crippen LogP contribution in [0.15, 0.2) is 66.3 Å². The van der Waals surface area contributed by atoms with E-state index in [1.807, 2.05) is 30.3 Å². The number of rotatable bonds is 12. The normalized spacial score (nSPS) is 12.4. The Kier molecular flexibility index (Phi) is 9.11. The summed E-state index contributed by atoms with van der Waals surface area (Å²) in [6.07, 6.45) is 5.70. The Morgan fingerprint density at radius 3 is 2.64 bits per heavy atom. The fourth-order valence-corrected chi connectivity index (χ4v) is 4.30. The Balaban J connectivity index is 1.68. The molecule has 0 unspecified atom stereocenters. The number of ether oxygens (including phenoxy) is 1. The summed E-state index contributed by atoms with van der Waals surface area (Å²) in [5, 5.41) is 16.0. The largest absolute Gasteiger partial charge is 0.478 e. The van der Waals surface area contributed by atoms with Crippen molar-refractivity contribution in [2.75, 3.05) is 24.8 Å². The van der Waals surface area contributed by atoms with Crippen LogP contribution in [0.25, 0.3) is 11.3 Å². The van der Waals surface area contributed by atoms with Crippen molar-refractivity contribution in [1.29, 1.82) is 0 Å². The van der Waals surface area contributed by atoms with Crippen LogP contribution in [0.2, 0.25) is 0 Å². The van der Waals surface area contributed by atoms with E-state index < -0.39 is 33.8 Å². The van der Waals surface area contributed by atoms with E-state index in [1.54, 1.807) is 5.38 Å². The number of thiazole rings is 1. The number of hydrogen-bond acceptors (Lipinski definition) is 8. The second-order valence-corrected chi connectivity index (χ2v) is 10.3. The van der Waals surface area contributed by atoms with Gasteiger partial charge in [-0.1, -0.05) is 36.4 Å². The molecule has 13 heteroatoms. The van der Waals surface area contributed by atoms with Gasteiger partial charge in [0.05, 0.1) is 24.1 Å². The zero-order valence-corrected chi connectivity index (χ0v) is 20.8. The molecule has 0 bridgehead atoms. The predicted octanol–water partition coefficient (Wildman–Crippen LogP) is 2.20. The van der Waals surface area contributed by atoms with E-state index in [-0.39, 0.29) is 25.2 Å². The Labute approximate surface area is 211 Å². The molecule has 190 valence electrons. The zero-order chi connectivity index (χ0) is 26.1. The van der Waals surface area contributed by atoms with E-state index in [1.165, 1.54) is 29.7 Å². The summed E-state index contributed by atoms with van der Waals surface area (Å²) < 4.78 is 29.6. The molecule has 0 radical (unpaired) electrons. The summed E-state index contributed by atoms with van der Waals surface area (Å²) in [4.78, 5) is 40.7. The number of amides is 2. The highest BCUT2D eigenvalue weighted by Crippen LogP contribution is 2.24. The number of anilines is 1. The molecule has 0 aliphatic rings. The second-order valence-electron chi connectivity index (χ2n) is 7.52. The van der Waals surface area contributed by atoms with Crippen LogP contribution < -0.4 is 10.6 Å². The molecular weight excluding hydrogens is 508 g/mol. The standard InChI is InChI=1S/C23H24N4O7S2/c1-36(32,33)27-11-9-17(14-27)21(30)24-18(10-13-34-12-5-8-20(28)29)22(31)26-23-25-19(15-35-23)16-6-3-2-4-7-16/h2-9,11,14-15,18H,10,12-13H2,1H3,(H,24,30)(H,28,29)(H,25,26,31)/t18-/m0/s1. The third-order valence-corrected chi connectivity index (χ3v) is 6.51. The minimum atomic E-state index is -3.57. The van der Waals surface area contributed by atoms with Gasteiger partial charge < -0.3 is 20.5 Å². The minimum Gasteiger partial charge on any atom is -0.478 e. The van der Waals surface area contributed by atoms with Crippen molar-refractivity contribution in [3.05, 3.63) is 71.9 Å². The number of carboxylic acid groups (broad SMARTS) is 1. The van der Waals surface area contributed by atoms with E-state index in [9.17, 15) is 22.8 Å². The number of aromatic nitrogens is 2. The highest BCUT2D eigenvalue weighted by molar-refractivity contribution is 7.89. The third-order valence-electron chi connectivity index (χ3n) is 4.76. The van der Waals surface area contributed by atoms with Gasteiger partial charge in [-0.15, -0.1) is 11.3 Å². The lowest BCUT2D eigenvalue weighted by molar-refractivity contribution is -0.131. The molecule has 0 aliphatic heterocycles. The number of carboxylic acids is 1. The van der Waals surface area contributed by atoms with E-state index in [4.69, 9.17) is 9.84 Å². The molecule has 2 heterocycles. The lowest BCUT2D eigenvalue weighted by Gasteiger charge is -2.17. The van der Waals surface area contributed by atoms with Gasteiger partial charge in [-0.3, -0.25) is 13.6 Å². The first-order valence-corrected chi connectivity index (χ1v) is 13.3. The molecule has 3 aromatic rings. The molecular formula is C23H24N4O7S2. The molecule has 2 amide bonds. The lowest BCUT2D eigenvalue weighted by atomic mass is 10.2. The third kappa shape index (κ3) is 7.86. The van der Waals surface area contributed by atoms with Gasteiger partial charge in [-0.2, -0.15) is 0 Å². The van der Waals surface area contributed by atoms with Crippen molar-refractivity contribution < 1.29 is 32.6 Å². The van der Waals surface area contributed by atoms with Crippen LogP contribution in [0, 0.1) is 0 Å². The lowest BCUT2D eigenvalue weighted by Crippen LogP contribution is -2.44. The van der Waals surface area contributed by atoms with Crippen molar-refractivity contribution in [3.8, 4) is 11.3 Å². The molecule has 0 fully saturated rings. The first-order chi connectivity index (χ1) is 17.1.